The van der Waals surface area contributed by atoms with Gasteiger partial charge < -0.3 is 63.9 Å². The number of unbranched alkanes of at least 4 members (excludes halogenated alkanes) is 1. The van der Waals surface area contributed by atoms with Gasteiger partial charge in [0.25, 0.3) is 0 Å². The SMILES string of the molecule is CC(O)C(NC(=O)C(CCCCN)NC(=O)C(Cc1c[nH]c2ccccc12)NC(=O)C(Cc1ccccc1)NC(=O)C(Cc1ccccc1)NC(=O)C(N)CS)C(=O)NC(Cc1ccccc1)C(=O)NC(CS)C(=O)O. The van der Waals surface area contributed by atoms with Crippen LogP contribution < -0.4 is 48.7 Å². The largest absolute Gasteiger partial charge is 0.480 e. The fourth-order valence-electron chi connectivity index (χ4n) is 8.23. The second-order valence-corrected chi connectivity index (χ2v) is 19.1. The van der Waals surface area contributed by atoms with Crippen molar-refractivity contribution in [3.63, 3.8) is 0 Å². The lowest BCUT2D eigenvalue weighted by molar-refractivity contribution is -0.141. The molecule has 0 aliphatic heterocycles. The Labute approximate surface area is 451 Å². The van der Waals surface area contributed by atoms with Crippen molar-refractivity contribution in [2.75, 3.05) is 18.1 Å². The molecular weight excluding hydrogens is 1010 g/mol. The van der Waals surface area contributed by atoms with Gasteiger partial charge in [0.15, 0.2) is 0 Å². The highest BCUT2D eigenvalue weighted by Gasteiger charge is 2.36. The molecule has 0 radical (unpaired) electrons. The van der Waals surface area contributed by atoms with E-state index in [1.807, 2.05) is 24.3 Å². The number of aromatic amines is 1. The number of carboxylic acid groups (broad SMARTS) is 1. The fraction of sp³-hybridized carbons (Fsp3) is 0.370. The van der Waals surface area contributed by atoms with Crippen molar-refractivity contribution in [3.05, 3.63) is 144 Å². The number of benzene rings is 4. The van der Waals surface area contributed by atoms with Crippen LogP contribution in [0.1, 0.15) is 48.4 Å². The number of thiol groups is 2. The van der Waals surface area contributed by atoms with Gasteiger partial charge in [-0.2, -0.15) is 25.3 Å². The maximum Gasteiger partial charge on any atom is 0.327 e. The summed E-state index contributed by atoms with van der Waals surface area (Å²) in [5.41, 5.74) is 15.1. The van der Waals surface area contributed by atoms with Gasteiger partial charge in [0, 0.05) is 54.3 Å². The normalized spacial score (nSPS) is 14.7. The third kappa shape index (κ3) is 18.3. The summed E-state index contributed by atoms with van der Waals surface area (Å²) < 4.78 is 0. The van der Waals surface area contributed by atoms with E-state index in [0.29, 0.717) is 35.1 Å². The highest BCUT2D eigenvalue weighted by Crippen LogP contribution is 2.20. The minimum atomic E-state index is -1.69. The van der Waals surface area contributed by atoms with Crippen LogP contribution in [0.2, 0.25) is 0 Å². The minimum absolute atomic E-state index is 0.00124. The van der Waals surface area contributed by atoms with Crippen molar-refractivity contribution in [2.24, 2.45) is 11.5 Å². The standard InChI is InChI=1S/C54H68N10O10S2/c1-32(65)46(53(72)62-43(27-35-19-9-4-10-20-35)51(70)63-45(31-76)54(73)74)64-48(67)40(23-13-14-24-55)58-52(71)44(28-36-29-57-39-22-12-11-21-37(36)39)61-50(69)42(26-34-17-7-3-8-18-34)60-49(68)41(59-47(66)38(56)30-75)25-33-15-5-2-6-16-33/h2-12,15-22,29,32,38,40-46,57,65,75-76H,13-14,23-28,30-31,55-56H2,1H3,(H,58,71)(H,59,66)(H,60,68)(H,61,69)(H,62,72)(H,63,70)(H,64,67)(H,73,74). The lowest BCUT2D eigenvalue weighted by atomic mass is 10.00. The molecule has 0 fully saturated rings. The summed E-state index contributed by atoms with van der Waals surface area (Å²) in [5.74, 6) is -7.29. The van der Waals surface area contributed by atoms with Crippen molar-refractivity contribution in [2.45, 2.75) is 106 Å². The number of amides is 7. The number of hydrogen-bond donors (Lipinski definition) is 14. The van der Waals surface area contributed by atoms with Crippen LogP contribution in [0.5, 0.6) is 0 Å². The number of aliphatic carboxylic acids is 1. The Balaban J connectivity index is 1.44. The van der Waals surface area contributed by atoms with E-state index in [-0.39, 0.29) is 50.2 Å². The molecule has 76 heavy (non-hydrogen) atoms. The van der Waals surface area contributed by atoms with Crippen molar-refractivity contribution < 1.29 is 48.6 Å². The van der Waals surface area contributed by atoms with Crippen LogP contribution in [0.4, 0.5) is 0 Å². The molecular formula is C54H68N10O10S2. The van der Waals surface area contributed by atoms with E-state index in [2.05, 4.69) is 67.5 Å². The molecule has 22 heteroatoms. The monoisotopic (exact) mass is 1080 g/mol. The Morgan fingerprint density at radius 1 is 0.513 bits per heavy atom. The fourth-order valence-corrected chi connectivity index (χ4v) is 8.64. The van der Waals surface area contributed by atoms with E-state index in [4.69, 9.17) is 11.5 Å². The van der Waals surface area contributed by atoms with Crippen LogP contribution in [-0.4, -0.2) is 135 Å². The summed E-state index contributed by atoms with van der Waals surface area (Å²) in [7, 11) is 0. The Morgan fingerprint density at radius 3 is 1.37 bits per heavy atom. The average molecular weight is 1080 g/mol. The molecule has 0 spiro atoms. The number of hydrogen-bond acceptors (Lipinski definition) is 13. The van der Waals surface area contributed by atoms with Gasteiger partial charge in [0.1, 0.15) is 42.3 Å². The van der Waals surface area contributed by atoms with Crippen LogP contribution in [0.3, 0.4) is 0 Å². The van der Waals surface area contributed by atoms with E-state index in [9.17, 15) is 48.6 Å². The van der Waals surface area contributed by atoms with Crippen molar-refractivity contribution >= 4 is 83.5 Å². The van der Waals surface area contributed by atoms with Gasteiger partial charge >= 0.3 is 5.97 Å². The molecule has 5 aromatic rings. The number of nitrogens with two attached hydrogens (primary N) is 2. The van der Waals surface area contributed by atoms with Gasteiger partial charge in [-0.1, -0.05) is 109 Å². The maximum atomic E-state index is 14.8. The second-order valence-electron chi connectivity index (χ2n) is 18.3. The lowest BCUT2D eigenvalue weighted by Crippen LogP contribution is -2.62. The van der Waals surface area contributed by atoms with E-state index in [1.165, 1.54) is 6.92 Å². The van der Waals surface area contributed by atoms with Gasteiger partial charge in [0.05, 0.1) is 12.1 Å². The van der Waals surface area contributed by atoms with E-state index in [0.717, 1.165) is 10.9 Å². The quantitative estimate of drug-likeness (QED) is 0.0222. The first-order valence-electron chi connectivity index (χ1n) is 24.9. The number of carbonyl (C=O) groups is 8. The lowest BCUT2D eigenvalue weighted by Gasteiger charge is -2.29. The Bertz CT molecular complexity index is 2720. The number of H-pyrrole nitrogens is 1. The third-order valence-electron chi connectivity index (χ3n) is 12.5. The molecule has 5 rings (SSSR count). The first kappa shape index (κ1) is 59.6. The molecule has 0 bridgehead atoms. The minimum Gasteiger partial charge on any atom is -0.480 e. The summed E-state index contributed by atoms with van der Waals surface area (Å²) in [6, 6.07) is 22.9. The molecule has 0 saturated heterocycles. The number of nitrogens with one attached hydrogen (secondary N) is 8. The number of carboxylic acids is 1. The smallest absolute Gasteiger partial charge is 0.327 e. The number of rotatable bonds is 30. The Hall–Kier alpha value is -7.24. The van der Waals surface area contributed by atoms with Gasteiger partial charge in [-0.05, 0) is 61.1 Å². The van der Waals surface area contributed by atoms with Crippen LogP contribution in [0.15, 0.2) is 121 Å². The number of fused-ring (bicyclic) bond motifs is 1. The van der Waals surface area contributed by atoms with Crippen LogP contribution in [-0.2, 0) is 64.0 Å². The van der Waals surface area contributed by atoms with E-state index in [1.54, 1.807) is 97.2 Å². The maximum absolute atomic E-state index is 14.8. The zero-order valence-electron chi connectivity index (χ0n) is 42.0. The summed E-state index contributed by atoms with van der Waals surface area (Å²) in [5, 5.41) is 39.8. The third-order valence-corrected chi connectivity index (χ3v) is 13.2. The molecule has 0 aliphatic carbocycles. The van der Waals surface area contributed by atoms with Gasteiger partial charge in [-0.25, -0.2) is 4.79 Å². The molecule has 9 unspecified atom stereocenters. The van der Waals surface area contributed by atoms with Crippen LogP contribution in [0.25, 0.3) is 10.9 Å². The van der Waals surface area contributed by atoms with Crippen LogP contribution >= 0.6 is 25.3 Å². The molecule has 406 valence electrons. The van der Waals surface area contributed by atoms with Crippen molar-refractivity contribution in [3.8, 4) is 0 Å². The molecule has 0 aliphatic rings. The Kier molecular flexibility index (Phi) is 23.8. The molecule has 14 N–H and O–H groups in total. The van der Waals surface area contributed by atoms with Gasteiger partial charge in [-0.15, -0.1) is 0 Å². The number of carbonyl (C=O) groups excluding carboxylic acids is 7. The first-order valence-corrected chi connectivity index (χ1v) is 26.2. The van der Waals surface area contributed by atoms with Gasteiger partial charge in [-0.3, -0.25) is 33.6 Å². The molecule has 1 heterocycles. The predicted molar refractivity (Wildman–Crippen MR) is 294 cm³/mol. The Morgan fingerprint density at radius 2 is 0.921 bits per heavy atom. The zero-order chi connectivity index (χ0) is 55.1. The molecule has 20 nitrogen and oxygen atoms in total. The summed E-state index contributed by atoms with van der Waals surface area (Å²) in [6.45, 7) is 1.49. The topological polar surface area (TPSA) is 329 Å². The number of aliphatic hydroxyl groups is 1. The first-order chi connectivity index (χ1) is 36.5. The zero-order valence-corrected chi connectivity index (χ0v) is 43.8. The van der Waals surface area contributed by atoms with Crippen molar-refractivity contribution in [1.29, 1.82) is 0 Å². The average Bonchev–Trinajstić information content (AvgIpc) is 3.83. The van der Waals surface area contributed by atoms with E-state index >= 15 is 0 Å². The van der Waals surface area contributed by atoms with Crippen molar-refractivity contribution in [1.82, 2.24) is 42.2 Å². The highest BCUT2D eigenvalue weighted by molar-refractivity contribution is 7.80. The van der Waals surface area contributed by atoms with Crippen LogP contribution in [0, 0.1) is 0 Å². The number of aromatic nitrogens is 1. The predicted octanol–water partition coefficient (Wildman–Crippen LogP) is 0.613. The number of para-hydroxylation sites is 1. The van der Waals surface area contributed by atoms with Gasteiger partial charge in [0.2, 0.25) is 41.4 Å². The second kappa shape index (κ2) is 30.3. The highest BCUT2D eigenvalue weighted by atomic mass is 32.1. The molecule has 1 aromatic heterocycles. The summed E-state index contributed by atoms with van der Waals surface area (Å²) >= 11 is 8.16. The molecule has 4 aromatic carbocycles. The molecule has 9 atom stereocenters. The summed E-state index contributed by atoms with van der Waals surface area (Å²) in [4.78, 5) is 114. The molecule has 7 amide bonds. The molecule has 0 saturated carbocycles. The number of aliphatic hydroxyl groups excluding tert-OH is 1. The summed E-state index contributed by atoms with van der Waals surface area (Å²) in [6.07, 6.45) is 0.676. The van der Waals surface area contributed by atoms with E-state index < -0.39 is 102 Å².